The Balaban J connectivity index is 1.95. The maximum Gasteiger partial charge on any atom is 0.114 e. The lowest BCUT2D eigenvalue weighted by Gasteiger charge is -2.14. The number of pyridine rings is 2. The summed E-state index contributed by atoms with van der Waals surface area (Å²) in [4.78, 5) is 9.47. The lowest BCUT2D eigenvalue weighted by molar-refractivity contribution is 0.567. The number of hydrogen-bond acceptors (Lipinski definition) is 4. The highest BCUT2D eigenvalue weighted by Gasteiger charge is 2.24. The van der Waals surface area contributed by atoms with Crippen molar-refractivity contribution in [3.63, 3.8) is 0 Å². The minimum Gasteiger partial charge on any atom is -0.281 e. The Labute approximate surface area is 190 Å². The minimum atomic E-state index is -0.0194. The molecule has 168 valence electrons. The Kier molecular flexibility index (Phi) is 5.65. The van der Waals surface area contributed by atoms with Gasteiger partial charge in [0.15, 0.2) is 0 Å². The van der Waals surface area contributed by atoms with E-state index in [0.29, 0.717) is 11.8 Å². The van der Waals surface area contributed by atoms with Crippen LogP contribution in [0.4, 0.5) is 0 Å². The van der Waals surface area contributed by atoms with Crippen LogP contribution in [0.5, 0.6) is 0 Å². The number of fused-ring (bicyclic) bond motifs is 1. The van der Waals surface area contributed by atoms with Crippen LogP contribution in [0.25, 0.3) is 33.5 Å². The van der Waals surface area contributed by atoms with Gasteiger partial charge in [-0.05, 0) is 41.8 Å². The Hall–Kier alpha value is -3.02. The smallest absolute Gasteiger partial charge is 0.114 e. The second kappa shape index (κ2) is 8.15. The van der Waals surface area contributed by atoms with Gasteiger partial charge in [-0.1, -0.05) is 48.5 Å². The standard InChI is InChI=1S/C26H34N6/c1-15(2)11-21-23(16(3)4)25(31-32(21)8)19-12-17-9-10-27-14-18(17)24(28-19)20-13-22(30-29-20)26(5,6)7/h9-10,12-16H,11H2,1-8H3,(H,29,30). The Morgan fingerprint density at radius 1 is 1.03 bits per heavy atom. The van der Waals surface area contributed by atoms with Gasteiger partial charge in [-0.2, -0.15) is 10.2 Å². The monoisotopic (exact) mass is 430 g/mol. The Morgan fingerprint density at radius 3 is 2.41 bits per heavy atom. The van der Waals surface area contributed by atoms with Crippen molar-refractivity contribution in [1.82, 2.24) is 29.9 Å². The number of hydrogen-bond donors (Lipinski definition) is 1. The predicted octanol–water partition coefficient (Wildman–Crippen LogP) is 6.04. The molecule has 0 fully saturated rings. The van der Waals surface area contributed by atoms with E-state index in [0.717, 1.165) is 45.7 Å². The lowest BCUT2D eigenvalue weighted by Crippen LogP contribution is -2.11. The van der Waals surface area contributed by atoms with Crippen LogP contribution in [0.3, 0.4) is 0 Å². The molecule has 4 aromatic heterocycles. The largest absolute Gasteiger partial charge is 0.281 e. The van der Waals surface area contributed by atoms with E-state index in [9.17, 15) is 0 Å². The molecule has 0 aliphatic carbocycles. The highest BCUT2D eigenvalue weighted by molar-refractivity contribution is 5.95. The van der Waals surface area contributed by atoms with Gasteiger partial charge in [-0.15, -0.1) is 0 Å². The molecule has 1 N–H and O–H groups in total. The van der Waals surface area contributed by atoms with Crippen molar-refractivity contribution >= 4 is 10.8 Å². The fourth-order valence-electron chi connectivity index (χ4n) is 4.23. The average Bonchev–Trinajstić information content (AvgIpc) is 3.32. The number of aromatic amines is 1. The van der Waals surface area contributed by atoms with Crippen LogP contribution in [0.15, 0.2) is 30.6 Å². The molecule has 0 saturated carbocycles. The molecule has 0 atom stereocenters. The average molecular weight is 431 g/mol. The van der Waals surface area contributed by atoms with E-state index in [2.05, 4.69) is 75.8 Å². The molecule has 0 amide bonds. The summed E-state index contributed by atoms with van der Waals surface area (Å²) in [5.74, 6) is 0.908. The van der Waals surface area contributed by atoms with Crippen molar-refractivity contribution in [2.75, 3.05) is 0 Å². The third-order valence-electron chi connectivity index (χ3n) is 5.89. The molecule has 0 aliphatic rings. The van der Waals surface area contributed by atoms with Crippen LogP contribution in [0.2, 0.25) is 0 Å². The molecular weight excluding hydrogens is 396 g/mol. The van der Waals surface area contributed by atoms with Gasteiger partial charge in [0, 0.05) is 47.2 Å². The quantitative estimate of drug-likeness (QED) is 0.419. The van der Waals surface area contributed by atoms with Crippen molar-refractivity contribution in [1.29, 1.82) is 0 Å². The molecule has 4 rings (SSSR count). The number of nitrogens with zero attached hydrogens (tertiary/aromatic N) is 5. The molecule has 0 bridgehead atoms. The van der Waals surface area contributed by atoms with Gasteiger partial charge in [0.25, 0.3) is 0 Å². The number of nitrogens with one attached hydrogen (secondary N) is 1. The van der Waals surface area contributed by atoms with Crippen LogP contribution in [0.1, 0.15) is 71.3 Å². The predicted molar refractivity (Wildman–Crippen MR) is 131 cm³/mol. The second-order valence-corrected chi connectivity index (χ2v) is 10.5. The number of aromatic nitrogens is 6. The summed E-state index contributed by atoms with van der Waals surface area (Å²) in [6.45, 7) is 15.5. The molecular formula is C26H34N6. The number of H-pyrrole nitrogens is 1. The first kappa shape index (κ1) is 22.2. The zero-order valence-electron chi connectivity index (χ0n) is 20.5. The maximum atomic E-state index is 5.12. The van der Waals surface area contributed by atoms with E-state index in [1.807, 2.05) is 30.2 Å². The second-order valence-electron chi connectivity index (χ2n) is 10.5. The SMILES string of the molecule is CC(C)Cc1c(C(C)C)c(-c2cc3ccncc3c(-c3cc(C(C)(C)C)[nH]n3)n2)nn1C. The lowest BCUT2D eigenvalue weighted by atomic mass is 9.92. The minimum absolute atomic E-state index is 0.0194. The topological polar surface area (TPSA) is 72.3 Å². The third kappa shape index (κ3) is 4.06. The first-order valence-electron chi connectivity index (χ1n) is 11.4. The summed E-state index contributed by atoms with van der Waals surface area (Å²) in [6, 6.07) is 6.27. The van der Waals surface area contributed by atoms with Gasteiger partial charge in [0.2, 0.25) is 0 Å². The van der Waals surface area contributed by atoms with Crippen molar-refractivity contribution in [3.05, 3.63) is 47.5 Å². The third-order valence-corrected chi connectivity index (χ3v) is 5.89. The summed E-state index contributed by atoms with van der Waals surface area (Å²) in [7, 11) is 2.04. The molecule has 0 spiro atoms. The highest BCUT2D eigenvalue weighted by Crippen LogP contribution is 2.36. The molecule has 0 aliphatic heterocycles. The van der Waals surface area contributed by atoms with Gasteiger partial charge in [-0.3, -0.25) is 14.8 Å². The summed E-state index contributed by atoms with van der Waals surface area (Å²) in [5.41, 5.74) is 7.15. The van der Waals surface area contributed by atoms with Gasteiger partial charge in [0.05, 0.1) is 5.69 Å². The van der Waals surface area contributed by atoms with Crippen molar-refractivity contribution in [2.45, 2.75) is 66.2 Å². The molecule has 0 aromatic carbocycles. The van der Waals surface area contributed by atoms with E-state index < -0.39 is 0 Å². The normalized spacial score (nSPS) is 12.4. The summed E-state index contributed by atoms with van der Waals surface area (Å²) >= 11 is 0. The van der Waals surface area contributed by atoms with Crippen molar-refractivity contribution in [2.24, 2.45) is 13.0 Å². The maximum absolute atomic E-state index is 5.12. The summed E-state index contributed by atoms with van der Waals surface area (Å²) in [5, 5.41) is 14.9. The van der Waals surface area contributed by atoms with E-state index in [1.165, 1.54) is 11.3 Å². The molecule has 6 nitrogen and oxygen atoms in total. The molecule has 6 heteroatoms. The Bertz CT molecular complexity index is 1250. The highest BCUT2D eigenvalue weighted by atomic mass is 15.3. The Morgan fingerprint density at radius 2 is 1.78 bits per heavy atom. The van der Waals surface area contributed by atoms with Gasteiger partial charge in [-0.25, -0.2) is 4.98 Å². The van der Waals surface area contributed by atoms with Gasteiger partial charge in [0.1, 0.15) is 17.1 Å². The van der Waals surface area contributed by atoms with E-state index >= 15 is 0 Å². The van der Waals surface area contributed by atoms with Crippen LogP contribution in [0, 0.1) is 5.92 Å². The van der Waals surface area contributed by atoms with E-state index in [1.54, 1.807) is 0 Å². The first-order valence-corrected chi connectivity index (χ1v) is 11.4. The molecule has 4 heterocycles. The van der Waals surface area contributed by atoms with Crippen LogP contribution in [-0.2, 0) is 18.9 Å². The van der Waals surface area contributed by atoms with Gasteiger partial charge < -0.3 is 0 Å². The number of rotatable bonds is 5. The van der Waals surface area contributed by atoms with Crippen LogP contribution >= 0.6 is 0 Å². The number of aryl methyl sites for hydroxylation is 1. The molecule has 32 heavy (non-hydrogen) atoms. The first-order chi connectivity index (χ1) is 15.1. The molecule has 0 saturated heterocycles. The van der Waals surface area contributed by atoms with Crippen LogP contribution < -0.4 is 0 Å². The van der Waals surface area contributed by atoms with Crippen molar-refractivity contribution in [3.8, 4) is 22.8 Å². The fourth-order valence-corrected chi connectivity index (χ4v) is 4.23. The van der Waals surface area contributed by atoms with Crippen molar-refractivity contribution < 1.29 is 0 Å². The van der Waals surface area contributed by atoms with E-state index in [4.69, 9.17) is 10.1 Å². The molecule has 0 unspecified atom stereocenters. The zero-order valence-corrected chi connectivity index (χ0v) is 20.5. The molecule has 0 radical (unpaired) electrons. The summed E-state index contributed by atoms with van der Waals surface area (Å²) in [6.07, 6.45) is 4.70. The van der Waals surface area contributed by atoms with Gasteiger partial charge >= 0.3 is 0 Å². The van der Waals surface area contributed by atoms with Crippen LogP contribution in [-0.4, -0.2) is 29.9 Å². The molecule has 4 aromatic rings. The van der Waals surface area contributed by atoms with E-state index in [-0.39, 0.29) is 5.41 Å². The zero-order chi connectivity index (χ0) is 23.2. The summed E-state index contributed by atoms with van der Waals surface area (Å²) < 4.78 is 2.04. The fraction of sp³-hybridized carbons (Fsp3) is 0.462.